The molecule has 1 aliphatic rings. The Morgan fingerprint density at radius 2 is 2.19 bits per heavy atom. The standard InChI is InChI=1S/C17H27N3O/c1-5-7-18-16-10-15(6-8-19-16)17(21)20-11-12(2)9-13(3)14(20)4/h6,8,10,12-14H,5,7,9,11H2,1-4H3,(H,18,19). The zero-order valence-electron chi connectivity index (χ0n) is 13.6. The molecule has 1 aromatic heterocycles. The fourth-order valence-electron chi connectivity index (χ4n) is 3.06. The van der Waals surface area contributed by atoms with E-state index in [2.05, 4.69) is 38.0 Å². The van der Waals surface area contributed by atoms with Gasteiger partial charge in [-0.15, -0.1) is 0 Å². The predicted octanol–water partition coefficient (Wildman–Crippen LogP) is 3.41. The molecule has 0 aromatic carbocycles. The second-order valence-electron chi connectivity index (χ2n) is 6.37. The summed E-state index contributed by atoms with van der Waals surface area (Å²) in [6, 6.07) is 3.99. The number of carbonyl (C=O) groups is 1. The van der Waals surface area contributed by atoms with Gasteiger partial charge in [0.2, 0.25) is 0 Å². The minimum atomic E-state index is 0.128. The van der Waals surface area contributed by atoms with Gasteiger partial charge in [0.25, 0.3) is 5.91 Å². The first kappa shape index (κ1) is 15.8. The number of piperidine rings is 1. The number of carbonyl (C=O) groups excluding carboxylic acids is 1. The van der Waals surface area contributed by atoms with Crippen LogP contribution in [0.5, 0.6) is 0 Å². The van der Waals surface area contributed by atoms with E-state index in [1.165, 1.54) is 6.42 Å². The Labute approximate surface area is 127 Å². The van der Waals surface area contributed by atoms with Crippen molar-refractivity contribution < 1.29 is 4.79 Å². The molecule has 1 amide bonds. The molecular weight excluding hydrogens is 262 g/mol. The van der Waals surface area contributed by atoms with Crippen molar-refractivity contribution in [3.05, 3.63) is 23.9 Å². The molecule has 2 rings (SSSR count). The second-order valence-corrected chi connectivity index (χ2v) is 6.37. The van der Waals surface area contributed by atoms with Crippen molar-refractivity contribution >= 4 is 11.7 Å². The van der Waals surface area contributed by atoms with Crippen LogP contribution in [0.15, 0.2) is 18.3 Å². The molecule has 0 saturated carbocycles. The van der Waals surface area contributed by atoms with Gasteiger partial charge in [-0.2, -0.15) is 0 Å². The Hall–Kier alpha value is -1.58. The monoisotopic (exact) mass is 289 g/mol. The van der Waals surface area contributed by atoms with Gasteiger partial charge in [-0.05, 0) is 43.7 Å². The zero-order chi connectivity index (χ0) is 15.4. The second kappa shape index (κ2) is 6.92. The fourth-order valence-corrected chi connectivity index (χ4v) is 3.06. The number of amides is 1. The summed E-state index contributed by atoms with van der Waals surface area (Å²) in [6.45, 7) is 10.5. The highest BCUT2D eigenvalue weighted by molar-refractivity contribution is 5.95. The molecule has 0 spiro atoms. The Bertz CT molecular complexity index is 489. The number of aromatic nitrogens is 1. The lowest BCUT2D eigenvalue weighted by Crippen LogP contribution is -2.48. The lowest BCUT2D eigenvalue weighted by Gasteiger charge is -2.41. The van der Waals surface area contributed by atoms with E-state index < -0.39 is 0 Å². The molecule has 3 atom stereocenters. The number of likely N-dealkylation sites (tertiary alicyclic amines) is 1. The van der Waals surface area contributed by atoms with Crippen molar-refractivity contribution in [3.8, 4) is 0 Å². The fraction of sp³-hybridized carbons (Fsp3) is 0.647. The maximum absolute atomic E-state index is 12.8. The maximum Gasteiger partial charge on any atom is 0.254 e. The largest absolute Gasteiger partial charge is 0.370 e. The molecular formula is C17H27N3O. The van der Waals surface area contributed by atoms with Crippen LogP contribution in [0, 0.1) is 11.8 Å². The lowest BCUT2D eigenvalue weighted by atomic mass is 9.85. The Morgan fingerprint density at radius 3 is 2.90 bits per heavy atom. The van der Waals surface area contributed by atoms with Crippen LogP contribution in [0.25, 0.3) is 0 Å². The Balaban J connectivity index is 2.15. The number of nitrogens with one attached hydrogen (secondary N) is 1. The van der Waals surface area contributed by atoms with E-state index in [9.17, 15) is 4.79 Å². The van der Waals surface area contributed by atoms with Crippen LogP contribution < -0.4 is 5.32 Å². The minimum absolute atomic E-state index is 0.128. The summed E-state index contributed by atoms with van der Waals surface area (Å²) in [6.07, 6.45) is 3.95. The van der Waals surface area contributed by atoms with Crippen LogP contribution >= 0.6 is 0 Å². The molecule has 1 aliphatic heterocycles. The third-order valence-corrected chi connectivity index (χ3v) is 4.42. The van der Waals surface area contributed by atoms with Crippen LogP contribution in [0.1, 0.15) is 50.9 Å². The van der Waals surface area contributed by atoms with E-state index in [1.54, 1.807) is 6.20 Å². The molecule has 21 heavy (non-hydrogen) atoms. The van der Waals surface area contributed by atoms with Gasteiger partial charge in [-0.25, -0.2) is 4.98 Å². The van der Waals surface area contributed by atoms with Gasteiger partial charge in [0, 0.05) is 30.9 Å². The van der Waals surface area contributed by atoms with Crippen molar-refractivity contribution in [3.63, 3.8) is 0 Å². The van der Waals surface area contributed by atoms with Crippen LogP contribution in [-0.2, 0) is 0 Å². The summed E-state index contributed by atoms with van der Waals surface area (Å²) < 4.78 is 0. The number of hydrogen-bond donors (Lipinski definition) is 1. The van der Waals surface area contributed by atoms with Crippen LogP contribution in [0.3, 0.4) is 0 Å². The number of rotatable bonds is 4. The van der Waals surface area contributed by atoms with E-state index >= 15 is 0 Å². The van der Waals surface area contributed by atoms with Gasteiger partial charge in [0.15, 0.2) is 0 Å². The Kier molecular flexibility index (Phi) is 5.21. The summed E-state index contributed by atoms with van der Waals surface area (Å²) in [5.41, 5.74) is 0.733. The van der Waals surface area contributed by atoms with Gasteiger partial charge in [-0.1, -0.05) is 20.8 Å². The normalized spacial score (nSPS) is 25.7. The predicted molar refractivity (Wildman–Crippen MR) is 86.5 cm³/mol. The molecule has 3 unspecified atom stereocenters. The van der Waals surface area contributed by atoms with Crippen LogP contribution in [-0.4, -0.2) is 34.9 Å². The first-order chi connectivity index (χ1) is 10.0. The highest BCUT2D eigenvalue weighted by Gasteiger charge is 2.32. The van der Waals surface area contributed by atoms with Crippen molar-refractivity contribution in [1.29, 1.82) is 0 Å². The lowest BCUT2D eigenvalue weighted by molar-refractivity contribution is 0.0455. The summed E-state index contributed by atoms with van der Waals surface area (Å²) in [4.78, 5) is 19.1. The van der Waals surface area contributed by atoms with Gasteiger partial charge in [0.05, 0.1) is 0 Å². The molecule has 0 bridgehead atoms. The molecule has 116 valence electrons. The number of anilines is 1. The highest BCUT2D eigenvalue weighted by atomic mass is 16.2. The number of pyridine rings is 1. The average Bonchev–Trinajstić information content (AvgIpc) is 2.48. The van der Waals surface area contributed by atoms with E-state index in [-0.39, 0.29) is 5.91 Å². The van der Waals surface area contributed by atoms with Crippen molar-refractivity contribution in [2.24, 2.45) is 11.8 Å². The first-order valence-electron chi connectivity index (χ1n) is 8.03. The van der Waals surface area contributed by atoms with Crippen LogP contribution in [0.2, 0.25) is 0 Å². The van der Waals surface area contributed by atoms with Crippen molar-refractivity contribution in [1.82, 2.24) is 9.88 Å². The quantitative estimate of drug-likeness (QED) is 0.924. The number of hydrogen-bond acceptors (Lipinski definition) is 3. The zero-order valence-corrected chi connectivity index (χ0v) is 13.6. The summed E-state index contributed by atoms with van der Waals surface area (Å²) in [5.74, 6) is 2.04. The smallest absolute Gasteiger partial charge is 0.254 e. The average molecular weight is 289 g/mol. The molecule has 1 N–H and O–H groups in total. The molecule has 1 aromatic rings. The topological polar surface area (TPSA) is 45.2 Å². The van der Waals surface area contributed by atoms with Crippen LogP contribution in [0.4, 0.5) is 5.82 Å². The molecule has 0 radical (unpaired) electrons. The maximum atomic E-state index is 12.8. The first-order valence-corrected chi connectivity index (χ1v) is 8.03. The highest BCUT2D eigenvalue weighted by Crippen LogP contribution is 2.28. The van der Waals surface area contributed by atoms with Gasteiger partial charge < -0.3 is 10.2 Å². The third kappa shape index (κ3) is 3.74. The van der Waals surface area contributed by atoms with Gasteiger partial charge in [0.1, 0.15) is 5.82 Å². The third-order valence-electron chi connectivity index (χ3n) is 4.42. The molecule has 4 heteroatoms. The van der Waals surface area contributed by atoms with Crippen molar-refractivity contribution in [2.45, 2.75) is 46.6 Å². The molecule has 2 heterocycles. The van der Waals surface area contributed by atoms with Crippen molar-refractivity contribution in [2.75, 3.05) is 18.4 Å². The minimum Gasteiger partial charge on any atom is -0.370 e. The summed E-state index contributed by atoms with van der Waals surface area (Å²) in [5, 5.41) is 3.24. The molecule has 4 nitrogen and oxygen atoms in total. The molecule has 1 saturated heterocycles. The van der Waals surface area contributed by atoms with E-state index in [0.717, 1.165) is 30.9 Å². The van der Waals surface area contributed by atoms with Gasteiger partial charge in [-0.3, -0.25) is 4.79 Å². The SMILES string of the molecule is CCCNc1cc(C(=O)N2CC(C)CC(C)C2C)ccn1. The molecule has 1 fully saturated rings. The summed E-state index contributed by atoms with van der Waals surface area (Å²) in [7, 11) is 0. The Morgan fingerprint density at radius 1 is 1.43 bits per heavy atom. The van der Waals surface area contributed by atoms with E-state index in [1.807, 2.05) is 17.0 Å². The summed E-state index contributed by atoms with van der Waals surface area (Å²) >= 11 is 0. The molecule has 0 aliphatic carbocycles. The number of nitrogens with zero attached hydrogens (tertiary/aromatic N) is 2. The van der Waals surface area contributed by atoms with E-state index in [4.69, 9.17) is 0 Å². The van der Waals surface area contributed by atoms with Gasteiger partial charge >= 0.3 is 0 Å². The van der Waals surface area contributed by atoms with E-state index in [0.29, 0.717) is 17.9 Å².